The number of aromatic nitrogens is 1. The van der Waals surface area contributed by atoms with Crippen LogP contribution in [0.1, 0.15) is 29.3 Å². The number of nitrogens with one attached hydrogen (secondary N) is 3. The Kier molecular flexibility index (Phi) is 10.1. The zero-order valence-corrected chi connectivity index (χ0v) is 23.6. The van der Waals surface area contributed by atoms with Gasteiger partial charge in [-0.2, -0.15) is 0 Å². The van der Waals surface area contributed by atoms with Crippen LogP contribution in [0.2, 0.25) is 0 Å². The fourth-order valence-corrected chi connectivity index (χ4v) is 5.19. The monoisotopic (exact) mass is 572 g/mol. The van der Waals surface area contributed by atoms with Crippen LogP contribution in [0.15, 0.2) is 101 Å². The fraction of sp³-hybridized carbons (Fsp3) is 0.133. The van der Waals surface area contributed by atoms with Crippen LogP contribution in [0.3, 0.4) is 0 Å². The first-order chi connectivity index (χ1) is 19.4. The number of methoxy groups -OCH3 is 1. The van der Waals surface area contributed by atoms with Gasteiger partial charge in [0.2, 0.25) is 5.91 Å². The van der Waals surface area contributed by atoms with E-state index < -0.39 is 11.8 Å². The van der Waals surface area contributed by atoms with Gasteiger partial charge in [0.05, 0.1) is 12.4 Å². The van der Waals surface area contributed by atoms with E-state index >= 15 is 0 Å². The summed E-state index contributed by atoms with van der Waals surface area (Å²) in [4.78, 5) is 44.0. The molecule has 1 aromatic heterocycles. The highest BCUT2D eigenvalue weighted by atomic mass is 32.2. The minimum Gasteiger partial charge on any atom is -0.497 e. The molecule has 0 aliphatic carbocycles. The van der Waals surface area contributed by atoms with E-state index in [9.17, 15) is 14.4 Å². The molecule has 0 aliphatic heterocycles. The molecule has 0 spiro atoms. The molecule has 1 heterocycles. The molecule has 0 saturated heterocycles. The van der Waals surface area contributed by atoms with Gasteiger partial charge in [0.1, 0.15) is 11.4 Å². The lowest BCUT2D eigenvalue weighted by molar-refractivity contribution is -0.116. The number of rotatable bonds is 11. The summed E-state index contributed by atoms with van der Waals surface area (Å²) >= 11 is 2.76. The Balaban J connectivity index is 1.52. The van der Waals surface area contributed by atoms with Crippen LogP contribution in [0.25, 0.3) is 6.08 Å². The van der Waals surface area contributed by atoms with Crippen molar-refractivity contribution in [3.8, 4) is 5.75 Å². The van der Waals surface area contributed by atoms with Gasteiger partial charge in [-0.1, -0.05) is 43.3 Å². The third-order valence-electron chi connectivity index (χ3n) is 5.63. The Hall–Kier alpha value is -4.41. The molecule has 0 radical (unpaired) electrons. The quantitative estimate of drug-likeness (QED) is 0.149. The van der Waals surface area contributed by atoms with Crippen molar-refractivity contribution in [2.75, 3.05) is 17.7 Å². The molecule has 40 heavy (non-hydrogen) atoms. The normalized spacial score (nSPS) is 11.8. The molecule has 204 valence electrons. The van der Waals surface area contributed by atoms with E-state index in [0.29, 0.717) is 34.1 Å². The van der Waals surface area contributed by atoms with Crippen LogP contribution in [-0.2, 0) is 9.59 Å². The molecule has 10 heteroatoms. The van der Waals surface area contributed by atoms with Crippen LogP contribution in [0, 0.1) is 0 Å². The van der Waals surface area contributed by atoms with E-state index in [1.165, 1.54) is 23.1 Å². The Morgan fingerprint density at radius 2 is 1.80 bits per heavy atom. The number of hydrogen-bond donors (Lipinski definition) is 3. The smallest absolute Gasteiger partial charge is 0.272 e. The summed E-state index contributed by atoms with van der Waals surface area (Å²) in [5, 5.41) is 10.5. The number of ether oxygens (including phenoxy) is 1. The second-order valence-electron chi connectivity index (χ2n) is 8.48. The number of nitrogens with zero attached hydrogens (tertiary/aromatic N) is 1. The highest BCUT2D eigenvalue weighted by Crippen LogP contribution is 2.29. The average Bonchev–Trinajstić information content (AvgIpc) is 3.49. The van der Waals surface area contributed by atoms with Crippen LogP contribution < -0.4 is 20.7 Å². The first kappa shape index (κ1) is 28.6. The standard InChI is InChI=1S/C30H28N4O4S2/c1-3-26(29(37)34-30-31-15-16-39-30)40-24-14-8-12-22(19-24)32-28(36)25(18-20-9-7-13-23(17-20)38-2)33-27(35)21-10-5-4-6-11-21/h4-19,26H,3H2,1-2H3,(H,32,36)(H,33,35)(H,31,34,37)/b25-18-. The van der Waals surface area contributed by atoms with Crippen molar-refractivity contribution in [2.45, 2.75) is 23.5 Å². The van der Waals surface area contributed by atoms with Crippen LogP contribution >= 0.6 is 23.1 Å². The van der Waals surface area contributed by atoms with Crippen molar-refractivity contribution < 1.29 is 19.1 Å². The lowest BCUT2D eigenvalue weighted by Crippen LogP contribution is -2.30. The van der Waals surface area contributed by atoms with Crippen molar-refractivity contribution in [3.63, 3.8) is 0 Å². The predicted octanol–water partition coefficient (Wildman–Crippen LogP) is 6.07. The van der Waals surface area contributed by atoms with E-state index in [1.807, 2.05) is 25.1 Å². The molecule has 3 aromatic carbocycles. The number of benzene rings is 3. The van der Waals surface area contributed by atoms with Gasteiger partial charge in [-0.05, 0) is 60.5 Å². The van der Waals surface area contributed by atoms with Gasteiger partial charge in [-0.25, -0.2) is 4.98 Å². The number of thiazole rings is 1. The second-order valence-corrected chi connectivity index (χ2v) is 10.6. The highest BCUT2D eigenvalue weighted by Gasteiger charge is 2.20. The summed E-state index contributed by atoms with van der Waals surface area (Å²) in [6.07, 6.45) is 3.84. The molecule has 1 atom stereocenters. The van der Waals surface area contributed by atoms with Gasteiger partial charge in [-0.15, -0.1) is 23.1 Å². The van der Waals surface area contributed by atoms with Crippen molar-refractivity contribution in [2.24, 2.45) is 0 Å². The fourth-order valence-electron chi connectivity index (χ4n) is 3.64. The Morgan fingerprint density at radius 1 is 1.00 bits per heavy atom. The molecular weight excluding hydrogens is 544 g/mol. The lowest BCUT2D eigenvalue weighted by Gasteiger charge is -2.15. The molecule has 0 fully saturated rings. The zero-order valence-electron chi connectivity index (χ0n) is 21.9. The number of carbonyl (C=O) groups excluding carboxylic acids is 3. The van der Waals surface area contributed by atoms with Gasteiger partial charge >= 0.3 is 0 Å². The molecular formula is C30H28N4O4S2. The zero-order chi connectivity index (χ0) is 28.3. The van der Waals surface area contributed by atoms with Crippen molar-refractivity contribution in [1.82, 2.24) is 10.3 Å². The van der Waals surface area contributed by atoms with Gasteiger partial charge in [0, 0.05) is 27.7 Å². The maximum absolute atomic E-state index is 13.4. The predicted molar refractivity (Wildman–Crippen MR) is 161 cm³/mol. The Morgan fingerprint density at radius 3 is 2.52 bits per heavy atom. The van der Waals surface area contributed by atoms with Gasteiger partial charge in [0.15, 0.2) is 5.13 Å². The van der Waals surface area contributed by atoms with Crippen LogP contribution in [0.4, 0.5) is 10.8 Å². The minimum atomic E-state index is -0.497. The van der Waals surface area contributed by atoms with Crippen molar-refractivity contribution >= 4 is 57.7 Å². The topological polar surface area (TPSA) is 109 Å². The number of anilines is 2. The molecule has 0 aliphatic rings. The molecule has 0 bridgehead atoms. The molecule has 0 saturated carbocycles. The van der Waals surface area contributed by atoms with E-state index in [4.69, 9.17) is 4.74 Å². The third kappa shape index (κ3) is 8.05. The Labute approximate surface area is 240 Å². The second kappa shape index (κ2) is 14.1. The van der Waals surface area contributed by atoms with E-state index in [-0.39, 0.29) is 16.9 Å². The summed E-state index contributed by atoms with van der Waals surface area (Å²) in [6.45, 7) is 1.94. The lowest BCUT2D eigenvalue weighted by atomic mass is 10.1. The van der Waals surface area contributed by atoms with E-state index in [2.05, 4.69) is 20.9 Å². The number of amides is 3. The number of thioether (sulfide) groups is 1. The largest absolute Gasteiger partial charge is 0.497 e. The summed E-state index contributed by atoms with van der Waals surface area (Å²) in [5.41, 5.74) is 1.69. The number of carbonyl (C=O) groups is 3. The van der Waals surface area contributed by atoms with Gasteiger partial charge in [-0.3, -0.25) is 14.4 Å². The molecule has 4 rings (SSSR count). The summed E-state index contributed by atoms with van der Waals surface area (Å²) in [5.74, 6) is -0.421. The maximum atomic E-state index is 13.4. The maximum Gasteiger partial charge on any atom is 0.272 e. The SMILES string of the molecule is CCC(Sc1cccc(NC(=O)/C(=C/c2cccc(OC)c2)NC(=O)c2ccccc2)c1)C(=O)Nc1nccs1. The molecule has 8 nitrogen and oxygen atoms in total. The molecule has 4 aromatic rings. The Bertz CT molecular complexity index is 1490. The first-order valence-corrected chi connectivity index (χ1v) is 14.2. The van der Waals surface area contributed by atoms with Gasteiger partial charge in [0.25, 0.3) is 11.8 Å². The average molecular weight is 573 g/mol. The van der Waals surface area contributed by atoms with Gasteiger partial charge < -0.3 is 20.7 Å². The molecule has 3 N–H and O–H groups in total. The van der Waals surface area contributed by atoms with E-state index in [0.717, 1.165) is 4.90 Å². The van der Waals surface area contributed by atoms with Crippen LogP contribution in [0.5, 0.6) is 5.75 Å². The highest BCUT2D eigenvalue weighted by molar-refractivity contribution is 8.00. The van der Waals surface area contributed by atoms with Crippen molar-refractivity contribution in [3.05, 3.63) is 107 Å². The van der Waals surface area contributed by atoms with Crippen molar-refractivity contribution in [1.29, 1.82) is 0 Å². The minimum absolute atomic E-state index is 0.0643. The van der Waals surface area contributed by atoms with E-state index in [1.54, 1.807) is 85.4 Å². The molecule has 1 unspecified atom stereocenters. The summed E-state index contributed by atoms with van der Waals surface area (Å²) < 4.78 is 5.29. The third-order valence-corrected chi connectivity index (χ3v) is 7.68. The first-order valence-electron chi connectivity index (χ1n) is 12.5. The van der Waals surface area contributed by atoms with Crippen LogP contribution in [-0.4, -0.2) is 35.1 Å². The summed E-state index contributed by atoms with van der Waals surface area (Å²) in [6, 6.07) is 23.1. The summed E-state index contributed by atoms with van der Waals surface area (Å²) in [7, 11) is 1.56. The molecule has 3 amide bonds. The number of hydrogen-bond acceptors (Lipinski definition) is 7.